The largest absolute Gasteiger partial charge is 0.206 e. The fourth-order valence-electron chi connectivity index (χ4n) is 0.512. The zero-order valence-corrected chi connectivity index (χ0v) is 4.95. The van der Waals surface area contributed by atoms with Crippen molar-refractivity contribution in [2.75, 3.05) is 0 Å². The average molecular weight is 132 g/mol. The zero-order chi connectivity index (χ0) is 5.98. The Morgan fingerprint density at radius 1 is 1.62 bits per heavy atom. The van der Waals surface area contributed by atoms with Crippen LogP contribution in [0, 0.1) is 6.42 Å². The van der Waals surface area contributed by atoms with E-state index in [9.17, 15) is 4.39 Å². The number of halogens is 2. The second-order valence-corrected chi connectivity index (χ2v) is 2.01. The molecule has 0 bridgehead atoms. The van der Waals surface area contributed by atoms with E-state index in [4.69, 9.17) is 11.6 Å². The minimum atomic E-state index is -0.311. The van der Waals surface area contributed by atoms with Gasteiger partial charge in [0.25, 0.3) is 0 Å². The second kappa shape index (κ2) is 2.31. The van der Waals surface area contributed by atoms with Crippen LogP contribution in [0.5, 0.6) is 0 Å². The Morgan fingerprint density at radius 3 is 2.75 bits per heavy atom. The molecule has 0 amide bonds. The van der Waals surface area contributed by atoms with Gasteiger partial charge in [0.15, 0.2) is 0 Å². The molecular weight excluding hydrogens is 127 g/mol. The number of hydrogen-bond donors (Lipinski definition) is 0. The van der Waals surface area contributed by atoms with E-state index in [2.05, 4.69) is 0 Å². The molecule has 0 fully saturated rings. The molecule has 1 radical (unpaired) electrons. The first-order chi connectivity index (χ1) is 3.80. The second-order valence-electron chi connectivity index (χ2n) is 1.55. The average Bonchev–Trinajstić information content (AvgIpc) is 1.77. The number of hydrogen-bond acceptors (Lipinski definition) is 0. The van der Waals surface area contributed by atoms with Crippen molar-refractivity contribution >= 4 is 11.6 Å². The van der Waals surface area contributed by atoms with Crippen molar-refractivity contribution in [3.05, 3.63) is 29.4 Å². The highest BCUT2D eigenvalue weighted by atomic mass is 35.5. The first-order valence-corrected chi connectivity index (χ1v) is 2.72. The van der Waals surface area contributed by atoms with Crippen molar-refractivity contribution in [1.82, 2.24) is 0 Å². The molecule has 0 N–H and O–H groups in total. The summed E-state index contributed by atoms with van der Waals surface area (Å²) in [5.74, 6) is -0.311. The van der Waals surface area contributed by atoms with Crippen molar-refractivity contribution in [3.8, 4) is 0 Å². The van der Waals surface area contributed by atoms with Crippen molar-refractivity contribution in [2.24, 2.45) is 0 Å². The zero-order valence-electron chi connectivity index (χ0n) is 4.20. The third-order valence-electron chi connectivity index (χ3n) is 0.935. The highest BCUT2D eigenvalue weighted by Gasteiger charge is 2.02. The SMILES string of the molecule is FC1=C(Cl)C[CH]C=C1. The third-order valence-corrected chi connectivity index (χ3v) is 1.27. The Bertz CT molecular complexity index is 147. The van der Waals surface area contributed by atoms with Gasteiger partial charge in [-0.15, -0.1) is 0 Å². The summed E-state index contributed by atoms with van der Waals surface area (Å²) in [7, 11) is 0. The van der Waals surface area contributed by atoms with E-state index in [-0.39, 0.29) is 5.83 Å². The molecule has 0 atom stereocenters. The summed E-state index contributed by atoms with van der Waals surface area (Å²) in [6.45, 7) is 0. The summed E-state index contributed by atoms with van der Waals surface area (Å²) < 4.78 is 12.2. The molecule has 0 nitrogen and oxygen atoms in total. The van der Waals surface area contributed by atoms with Crippen LogP contribution in [0.25, 0.3) is 0 Å². The normalized spacial score (nSPS) is 19.8. The first kappa shape index (κ1) is 5.83. The van der Waals surface area contributed by atoms with E-state index in [1.165, 1.54) is 6.08 Å². The number of allylic oxidation sites excluding steroid dienone is 4. The van der Waals surface area contributed by atoms with Crippen molar-refractivity contribution in [2.45, 2.75) is 6.42 Å². The topological polar surface area (TPSA) is 0 Å². The maximum Gasteiger partial charge on any atom is 0.137 e. The molecule has 8 heavy (non-hydrogen) atoms. The molecule has 0 heterocycles. The van der Waals surface area contributed by atoms with E-state index in [1.807, 2.05) is 6.42 Å². The van der Waals surface area contributed by atoms with Gasteiger partial charge in [-0.25, -0.2) is 4.39 Å². The van der Waals surface area contributed by atoms with E-state index in [0.717, 1.165) is 0 Å². The van der Waals surface area contributed by atoms with Crippen LogP contribution in [0.15, 0.2) is 23.0 Å². The Hall–Kier alpha value is -0.300. The summed E-state index contributed by atoms with van der Waals surface area (Å²) in [5.41, 5.74) is 0. The fourth-order valence-corrected chi connectivity index (χ4v) is 0.664. The van der Waals surface area contributed by atoms with Gasteiger partial charge in [-0.3, -0.25) is 0 Å². The minimum absolute atomic E-state index is 0.299. The van der Waals surface area contributed by atoms with E-state index >= 15 is 0 Å². The van der Waals surface area contributed by atoms with Crippen molar-refractivity contribution in [3.63, 3.8) is 0 Å². The summed E-state index contributed by atoms with van der Waals surface area (Å²) in [6, 6.07) is 0. The summed E-state index contributed by atoms with van der Waals surface area (Å²) >= 11 is 5.39. The maximum atomic E-state index is 12.2. The quantitative estimate of drug-likeness (QED) is 0.474. The Labute approximate surface area is 52.6 Å². The van der Waals surface area contributed by atoms with Crippen molar-refractivity contribution in [1.29, 1.82) is 0 Å². The molecule has 43 valence electrons. The van der Waals surface area contributed by atoms with Crippen LogP contribution in [0.4, 0.5) is 4.39 Å². The van der Waals surface area contributed by atoms with Crippen molar-refractivity contribution < 1.29 is 4.39 Å². The van der Waals surface area contributed by atoms with Gasteiger partial charge >= 0.3 is 0 Å². The predicted octanol–water partition coefficient (Wildman–Crippen LogP) is 2.57. The van der Waals surface area contributed by atoms with E-state index < -0.39 is 0 Å². The molecule has 2 heteroatoms. The molecule has 0 spiro atoms. The molecule has 0 unspecified atom stereocenters. The van der Waals surface area contributed by atoms with E-state index in [0.29, 0.717) is 11.5 Å². The van der Waals surface area contributed by atoms with Crippen LogP contribution in [-0.2, 0) is 0 Å². The van der Waals surface area contributed by atoms with Gasteiger partial charge in [0.1, 0.15) is 5.83 Å². The number of rotatable bonds is 0. The molecular formula is C6H5ClF. The van der Waals surface area contributed by atoms with E-state index in [1.54, 1.807) is 6.08 Å². The minimum Gasteiger partial charge on any atom is -0.206 e. The molecule has 1 aliphatic rings. The first-order valence-electron chi connectivity index (χ1n) is 2.35. The lowest BCUT2D eigenvalue weighted by atomic mass is 10.2. The lowest BCUT2D eigenvalue weighted by molar-refractivity contribution is 0.655. The maximum absolute atomic E-state index is 12.2. The summed E-state index contributed by atoms with van der Waals surface area (Å²) in [4.78, 5) is 0. The van der Waals surface area contributed by atoms with Gasteiger partial charge in [0.2, 0.25) is 0 Å². The summed E-state index contributed by atoms with van der Waals surface area (Å²) in [5, 5.41) is 0.299. The molecule has 0 saturated carbocycles. The highest BCUT2D eigenvalue weighted by molar-refractivity contribution is 6.30. The molecule has 1 rings (SSSR count). The molecule has 0 aromatic heterocycles. The summed E-state index contributed by atoms with van der Waals surface area (Å²) in [6.07, 6.45) is 5.35. The Morgan fingerprint density at radius 2 is 2.38 bits per heavy atom. The molecule has 0 aromatic rings. The standard InChI is InChI=1S/C6H5ClF/c7-5-3-1-2-4-6(5)8/h1-2,4H,3H2. The van der Waals surface area contributed by atoms with Gasteiger partial charge < -0.3 is 0 Å². The molecule has 0 aromatic carbocycles. The van der Waals surface area contributed by atoms with Crippen LogP contribution in [0.2, 0.25) is 0 Å². The fraction of sp³-hybridized carbons (Fsp3) is 0.167. The molecule has 0 aliphatic heterocycles. The molecule has 1 aliphatic carbocycles. The van der Waals surface area contributed by atoms with Crippen LogP contribution in [0.1, 0.15) is 6.42 Å². The highest BCUT2D eigenvalue weighted by Crippen LogP contribution is 2.21. The smallest absolute Gasteiger partial charge is 0.137 e. The van der Waals surface area contributed by atoms with Crippen LogP contribution < -0.4 is 0 Å². The van der Waals surface area contributed by atoms with Gasteiger partial charge in [-0.2, -0.15) is 0 Å². The van der Waals surface area contributed by atoms with Gasteiger partial charge in [0, 0.05) is 0 Å². The Balaban J connectivity index is 2.76. The predicted molar refractivity (Wildman–Crippen MR) is 32.0 cm³/mol. The lowest BCUT2D eigenvalue weighted by Gasteiger charge is -1.99. The van der Waals surface area contributed by atoms with Crippen LogP contribution in [0.3, 0.4) is 0 Å². The Kier molecular flexibility index (Phi) is 1.69. The lowest BCUT2D eigenvalue weighted by Crippen LogP contribution is -1.83. The molecule has 0 saturated heterocycles. The van der Waals surface area contributed by atoms with Crippen LogP contribution >= 0.6 is 11.6 Å². The third kappa shape index (κ3) is 1.10. The van der Waals surface area contributed by atoms with Gasteiger partial charge in [-0.1, -0.05) is 17.7 Å². The van der Waals surface area contributed by atoms with Crippen LogP contribution in [-0.4, -0.2) is 0 Å². The van der Waals surface area contributed by atoms with Gasteiger partial charge in [0.05, 0.1) is 5.03 Å². The monoisotopic (exact) mass is 131 g/mol. The van der Waals surface area contributed by atoms with Gasteiger partial charge in [-0.05, 0) is 18.9 Å².